The Bertz CT molecular complexity index is 991. The second-order valence-electron chi connectivity index (χ2n) is 6.54. The van der Waals surface area contributed by atoms with Gasteiger partial charge in [0.1, 0.15) is 5.75 Å². The van der Waals surface area contributed by atoms with E-state index in [1.807, 2.05) is 30.5 Å². The van der Waals surface area contributed by atoms with Gasteiger partial charge < -0.3 is 9.64 Å². The number of methoxy groups -OCH3 is 1. The number of ether oxygens (including phenoxy) is 1. The highest BCUT2D eigenvalue weighted by Gasteiger charge is 2.21. The van der Waals surface area contributed by atoms with Crippen molar-refractivity contribution in [2.45, 2.75) is 30.1 Å². The third kappa shape index (κ3) is 3.68. The summed E-state index contributed by atoms with van der Waals surface area (Å²) in [4.78, 5) is 25.6. The zero-order valence-electron chi connectivity index (χ0n) is 15.5. The first kappa shape index (κ1) is 18.3. The molecule has 1 aliphatic rings. The number of rotatable bonds is 5. The van der Waals surface area contributed by atoms with E-state index in [0.717, 1.165) is 52.4 Å². The van der Waals surface area contributed by atoms with E-state index in [9.17, 15) is 4.79 Å². The predicted octanol–water partition coefficient (Wildman–Crippen LogP) is 3.62. The lowest BCUT2D eigenvalue weighted by Gasteiger charge is -2.29. The van der Waals surface area contributed by atoms with Crippen molar-refractivity contribution in [2.24, 2.45) is 0 Å². The van der Waals surface area contributed by atoms with Gasteiger partial charge in [0, 0.05) is 13.1 Å². The first-order chi connectivity index (χ1) is 13.2. The van der Waals surface area contributed by atoms with Crippen LogP contribution in [0, 0.1) is 0 Å². The Morgan fingerprint density at radius 1 is 1.15 bits per heavy atom. The molecule has 0 atom stereocenters. The van der Waals surface area contributed by atoms with Crippen molar-refractivity contribution in [3.63, 3.8) is 0 Å². The summed E-state index contributed by atoms with van der Waals surface area (Å²) in [7, 11) is 1.65. The van der Waals surface area contributed by atoms with E-state index >= 15 is 0 Å². The van der Waals surface area contributed by atoms with Gasteiger partial charge in [-0.1, -0.05) is 35.2 Å². The topological polar surface area (TPSA) is 60.2 Å². The van der Waals surface area contributed by atoms with Crippen molar-refractivity contribution in [1.29, 1.82) is 0 Å². The van der Waals surface area contributed by atoms with Crippen molar-refractivity contribution in [1.82, 2.24) is 14.5 Å². The van der Waals surface area contributed by atoms with Gasteiger partial charge in [-0.2, -0.15) is 0 Å². The van der Waals surface area contributed by atoms with Crippen LogP contribution in [-0.4, -0.2) is 41.0 Å². The molecule has 0 aliphatic carbocycles. The Morgan fingerprint density at radius 3 is 2.56 bits per heavy atom. The van der Waals surface area contributed by atoms with E-state index in [1.54, 1.807) is 23.4 Å². The summed E-state index contributed by atoms with van der Waals surface area (Å²) in [6.07, 6.45) is 5.47. The fourth-order valence-corrected chi connectivity index (χ4v) is 4.77. The lowest BCUT2D eigenvalue weighted by Crippen LogP contribution is -2.36. The molecule has 1 fully saturated rings. The van der Waals surface area contributed by atoms with E-state index in [0.29, 0.717) is 12.1 Å². The van der Waals surface area contributed by atoms with E-state index in [4.69, 9.17) is 9.72 Å². The fourth-order valence-electron chi connectivity index (χ4n) is 3.36. The molecule has 6 nitrogen and oxygen atoms in total. The van der Waals surface area contributed by atoms with Crippen LogP contribution in [0.3, 0.4) is 0 Å². The van der Waals surface area contributed by atoms with Gasteiger partial charge in [0.2, 0.25) is 5.95 Å². The molecule has 0 radical (unpaired) electrons. The number of nitrogens with zero attached hydrogens (tertiary/aromatic N) is 4. The summed E-state index contributed by atoms with van der Waals surface area (Å²) >= 11 is 3.04. The van der Waals surface area contributed by atoms with Crippen molar-refractivity contribution in [3.05, 3.63) is 40.2 Å². The minimum Gasteiger partial charge on any atom is -0.497 e. The number of benzene rings is 1. The predicted molar refractivity (Wildman–Crippen MR) is 112 cm³/mol. The second kappa shape index (κ2) is 7.90. The molecule has 27 heavy (non-hydrogen) atoms. The molecule has 0 N–H and O–H groups in total. The summed E-state index contributed by atoms with van der Waals surface area (Å²) in [5.41, 5.74) is 1.45. The average molecular weight is 403 g/mol. The summed E-state index contributed by atoms with van der Waals surface area (Å²) in [5, 5.41) is 0. The van der Waals surface area contributed by atoms with Gasteiger partial charge in [0.25, 0.3) is 5.56 Å². The lowest BCUT2D eigenvalue weighted by atomic mass is 10.1. The highest BCUT2D eigenvalue weighted by atomic mass is 32.2. The smallest absolute Gasteiger partial charge is 0.282 e. The SMILES string of the molecule is COc1ccc(Cn2c(N3CCCCC3)nc3sc(SC)nc3c2=O)cc1. The van der Waals surface area contributed by atoms with Crippen LogP contribution in [0.5, 0.6) is 5.75 Å². The van der Waals surface area contributed by atoms with Gasteiger partial charge in [-0.15, -0.1) is 0 Å². The van der Waals surface area contributed by atoms with Crippen LogP contribution in [0.4, 0.5) is 5.95 Å². The molecule has 1 aromatic carbocycles. The van der Waals surface area contributed by atoms with Gasteiger partial charge in [0.05, 0.1) is 13.7 Å². The Kier molecular flexibility index (Phi) is 5.36. The van der Waals surface area contributed by atoms with Crippen molar-refractivity contribution in [3.8, 4) is 5.75 Å². The van der Waals surface area contributed by atoms with Gasteiger partial charge in [-0.3, -0.25) is 9.36 Å². The third-order valence-electron chi connectivity index (χ3n) is 4.79. The molecular weight excluding hydrogens is 380 g/mol. The van der Waals surface area contributed by atoms with Crippen molar-refractivity contribution in [2.75, 3.05) is 31.4 Å². The Morgan fingerprint density at radius 2 is 1.89 bits per heavy atom. The lowest BCUT2D eigenvalue weighted by molar-refractivity contribution is 0.414. The number of thioether (sulfide) groups is 1. The highest BCUT2D eigenvalue weighted by Crippen LogP contribution is 2.28. The Balaban J connectivity index is 1.81. The van der Waals surface area contributed by atoms with Crippen LogP contribution < -0.4 is 15.2 Å². The molecular formula is C19H22N4O2S2. The molecule has 0 amide bonds. The van der Waals surface area contributed by atoms with Gasteiger partial charge in [-0.05, 0) is 43.2 Å². The largest absolute Gasteiger partial charge is 0.497 e. The number of fused-ring (bicyclic) bond motifs is 1. The summed E-state index contributed by atoms with van der Waals surface area (Å²) in [6, 6.07) is 7.82. The third-order valence-corrected chi connectivity index (χ3v) is 6.73. The molecule has 3 heterocycles. The molecule has 1 saturated heterocycles. The molecule has 1 aliphatic heterocycles. The Hall–Kier alpha value is -2.06. The van der Waals surface area contributed by atoms with Crippen LogP contribution in [0.15, 0.2) is 33.4 Å². The maximum Gasteiger partial charge on any atom is 0.282 e. The van der Waals surface area contributed by atoms with Gasteiger partial charge in [0.15, 0.2) is 14.7 Å². The second-order valence-corrected chi connectivity index (χ2v) is 8.57. The molecule has 4 rings (SSSR count). The minimum atomic E-state index is -0.0621. The quantitative estimate of drug-likeness (QED) is 0.608. The number of anilines is 1. The summed E-state index contributed by atoms with van der Waals surface area (Å²) in [5.74, 6) is 1.57. The van der Waals surface area contributed by atoms with E-state index in [2.05, 4.69) is 9.88 Å². The van der Waals surface area contributed by atoms with Crippen LogP contribution >= 0.6 is 23.1 Å². The van der Waals surface area contributed by atoms with E-state index in [-0.39, 0.29) is 5.56 Å². The molecule has 142 valence electrons. The van der Waals surface area contributed by atoms with Crippen LogP contribution in [-0.2, 0) is 6.54 Å². The number of hydrogen-bond acceptors (Lipinski definition) is 7. The molecule has 0 bridgehead atoms. The average Bonchev–Trinajstić information content (AvgIpc) is 3.15. The standard InChI is InChI=1S/C19H22N4O2S2/c1-25-14-8-6-13(7-9-14)12-23-17(24)15-16(27-19(20-15)26-2)21-18(23)22-10-4-3-5-11-22/h6-9H,3-5,10-12H2,1-2H3. The molecule has 8 heteroatoms. The number of piperidine rings is 1. The van der Waals surface area contributed by atoms with E-state index < -0.39 is 0 Å². The number of hydrogen-bond donors (Lipinski definition) is 0. The maximum absolute atomic E-state index is 13.3. The van der Waals surface area contributed by atoms with Crippen LogP contribution in [0.2, 0.25) is 0 Å². The Labute approximate surface area is 166 Å². The molecule has 3 aromatic rings. The normalized spacial score (nSPS) is 14.7. The zero-order chi connectivity index (χ0) is 18.8. The fraction of sp³-hybridized carbons (Fsp3) is 0.421. The monoisotopic (exact) mass is 402 g/mol. The van der Waals surface area contributed by atoms with E-state index in [1.165, 1.54) is 17.8 Å². The molecule has 0 saturated carbocycles. The zero-order valence-corrected chi connectivity index (χ0v) is 17.1. The number of thiazole rings is 1. The first-order valence-corrected chi connectivity index (χ1v) is 11.1. The first-order valence-electron chi connectivity index (χ1n) is 9.03. The minimum absolute atomic E-state index is 0.0621. The van der Waals surface area contributed by atoms with Gasteiger partial charge >= 0.3 is 0 Å². The number of aromatic nitrogens is 3. The van der Waals surface area contributed by atoms with Crippen molar-refractivity contribution < 1.29 is 4.74 Å². The molecule has 2 aromatic heterocycles. The van der Waals surface area contributed by atoms with Crippen LogP contribution in [0.25, 0.3) is 10.3 Å². The summed E-state index contributed by atoms with van der Waals surface area (Å²) in [6.45, 7) is 2.35. The van der Waals surface area contributed by atoms with Gasteiger partial charge in [-0.25, -0.2) is 9.97 Å². The van der Waals surface area contributed by atoms with Crippen molar-refractivity contribution >= 4 is 39.4 Å². The molecule has 0 spiro atoms. The summed E-state index contributed by atoms with van der Waals surface area (Å²) < 4.78 is 7.89. The highest BCUT2D eigenvalue weighted by molar-refractivity contribution is 8.00. The molecule has 0 unspecified atom stereocenters. The van der Waals surface area contributed by atoms with Crippen LogP contribution in [0.1, 0.15) is 24.8 Å². The maximum atomic E-state index is 13.3.